The normalized spacial score (nSPS) is 14.7. The van der Waals surface area contributed by atoms with Gasteiger partial charge in [-0.2, -0.15) is 0 Å². The van der Waals surface area contributed by atoms with Crippen molar-refractivity contribution in [1.82, 2.24) is 4.57 Å². The average Bonchev–Trinajstić information content (AvgIpc) is 3.31. The van der Waals surface area contributed by atoms with Crippen molar-refractivity contribution in [3.8, 4) is 5.75 Å². The molecule has 0 spiro atoms. The minimum absolute atomic E-state index is 0.199. The Morgan fingerprint density at radius 3 is 2.47 bits per heavy atom. The van der Waals surface area contributed by atoms with E-state index in [0.717, 1.165) is 29.9 Å². The smallest absolute Gasteiger partial charge is 0.338 e. The summed E-state index contributed by atoms with van der Waals surface area (Å²) in [6.07, 6.45) is 1.84. The predicted molar refractivity (Wildman–Crippen MR) is 173 cm³/mol. The standard InChI is InChI=1S/C34H34ClN3O4S/c1-5-37(6-2)25-18-17-24(28(20-25)42-21-23-13-9-8-10-14-23)19-29-32(39)38-31(26-15-11-12-16-27(26)35)30(33(40)41-7-3)22(4)36-34(38)43-29/h8-20,31H,5-7,21H2,1-4H3/b29-19-/t31-/m0/s1. The van der Waals surface area contributed by atoms with Gasteiger partial charge in [-0.05, 0) is 63.1 Å². The molecule has 5 rings (SSSR count). The molecule has 0 saturated carbocycles. The fraction of sp³-hybridized carbons (Fsp3) is 0.265. The van der Waals surface area contributed by atoms with E-state index in [1.165, 1.54) is 11.3 Å². The molecule has 3 aromatic carbocycles. The van der Waals surface area contributed by atoms with Gasteiger partial charge in [-0.15, -0.1) is 0 Å². The molecule has 9 heteroatoms. The second kappa shape index (κ2) is 13.4. The van der Waals surface area contributed by atoms with Gasteiger partial charge in [0.2, 0.25) is 0 Å². The number of anilines is 1. The summed E-state index contributed by atoms with van der Waals surface area (Å²) >= 11 is 7.90. The maximum atomic E-state index is 14.1. The molecule has 2 heterocycles. The van der Waals surface area contributed by atoms with Crippen LogP contribution in [0.2, 0.25) is 5.02 Å². The number of thiazole rings is 1. The van der Waals surface area contributed by atoms with Crippen molar-refractivity contribution in [3.63, 3.8) is 0 Å². The number of esters is 1. The van der Waals surface area contributed by atoms with Crippen LogP contribution in [0.1, 0.15) is 50.4 Å². The lowest BCUT2D eigenvalue weighted by Gasteiger charge is -2.25. The fourth-order valence-electron chi connectivity index (χ4n) is 5.21. The van der Waals surface area contributed by atoms with E-state index in [1.807, 2.05) is 72.8 Å². The SMILES string of the molecule is CCOC(=O)C1=C(C)N=c2s/c(=C\c3ccc(N(CC)CC)cc3OCc3ccccc3)c(=O)n2[C@H]1c1ccccc1Cl. The molecule has 1 aromatic heterocycles. The van der Waals surface area contributed by atoms with E-state index in [0.29, 0.717) is 43.5 Å². The molecular weight excluding hydrogens is 582 g/mol. The van der Waals surface area contributed by atoms with Gasteiger partial charge in [0.05, 0.1) is 22.4 Å². The molecule has 43 heavy (non-hydrogen) atoms. The number of carbonyl (C=O) groups is 1. The summed E-state index contributed by atoms with van der Waals surface area (Å²) in [5.41, 5.74) is 4.00. The van der Waals surface area contributed by atoms with Crippen molar-refractivity contribution >= 4 is 40.7 Å². The number of allylic oxidation sites excluding steroid dienone is 1. The topological polar surface area (TPSA) is 73.1 Å². The van der Waals surface area contributed by atoms with Crippen molar-refractivity contribution in [2.75, 3.05) is 24.6 Å². The van der Waals surface area contributed by atoms with Crippen LogP contribution in [-0.2, 0) is 16.1 Å². The van der Waals surface area contributed by atoms with Crippen LogP contribution in [0.4, 0.5) is 5.69 Å². The van der Waals surface area contributed by atoms with Gasteiger partial charge in [-0.25, -0.2) is 9.79 Å². The maximum absolute atomic E-state index is 14.1. The summed E-state index contributed by atoms with van der Waals surface area (Å²) in [6, 6.07) is 22.5. The zero-order valence-corrected chi connectivity index (χ0v) is 26.2. The lowest BCUT2D eigenvalue weighted by Crippen LogP contribution is -2.40. The highest BCUT2D eigenvalue weighted by Gasteiger charge is 2.34. The van der Waals surface area contributed by atoms with Gasteiger partial charge in [-0.3, -0.25) is 9.36 Å². The minimum atomic E-state index is -0.773. The Hall–Kier alpha value is -4.14. The van der Waals surface area contributed by atoms with E-state index in [9.17, 15) is 9.59 Å². The van der Waals surface area contributed by atoms with Crippen molar-refractivity contribution in [1.29, 1.82) is 0 Å². The van der Waals surface area contributed by atoms with Crippen LogP contribution in [0.15, 0.2) is 93.9 Å². The van der Waals surface area contributed by atoms with E-state index < -0.39 is 12.0 Å². The highest BCUT2D eigenvalue weighted by atomic mass is 35.5. The van der Waals surface area contributed by atoms with Gasteiger partial charge in [0, 0.05) is 35.4 Å². The molecule has 0 radical (unpaired) electrons. The van der Waals surface area contributed by atoms with Crippen molar-refractivity contribution in [2.24, 2.45) is 4.99 Å². The van der Waals surface area contributed by atoms with Gasteiger partial charge in [0.15, 0.2) is 4.80 Å². The number of hydrogen-bond acceptors (Lipinski definition) is 7. The average molecular weight is 616 g/mol. The van der Waals surface area contributed by atoms with Crippen LogP contribution in [0.3, 0.4) is 0 Å². The Morgan fingerprint density at radius 1 is 1.05 bits per heavy atom. The molecule has 0 saturated heterocycles. The molecule has 222 valence electrons. The maximum Gasteiger partial charge on any atom is 0.338 e. The monoisotopic (exact) mass is 615 g/mol. The van der Waals surface area contributed by atoms with Crippen molar-refractivity contribution in [2.45, 2.75) is 40.3 Å². The van der Waals surface area contributed by atoms with E-state index >= 15 is 0 Å². The number of aromatic nitrogens is 1. The molecule has 0 fully saturated rings. The number of rotatable bonds is 10. The molecule has 1 atom stereocenters. The Kier molecular flexibility index (Phi) is 9.48. The van der Waals surface area contributed by atoms with E-state index in [-0.39, 0.29) is 12.2 Å². The first-order valence-electron chi connectivity index (χ1n) is 14.4. The second-order valence-corrected chi connectivity index (χ2v) is 11.4. The number of halogens is 1. The number of nitrogens with zero attached hydrogens (tertiary/aromatic N) is 3. The van der Waals surface area contributed by atoms with Crippen LogP contribution < -0.4 is 24.5 Å². The van der Waals surface area contributed by atoms with Gasteiger partial charge < -0.3 is 14.4 Å². The third-order valence-corrected chi connectivity index (χ3v) is 8.69. The van der Waals surface area contributed by atoms with Gasteiger partial charge in [-0.1, -0.05) is 71.5 Å². The largest absolute Gasteiger partial charge is 0.488 e. The molecule has 1 aliphatic heterocycles. The van der Waals surface area contributed by atoms with Gasteiger partial charge >= 0.3 is 5.97 Å². The number of hydrogen-bond donors (Lipinski definition) is 0. The fourth-order valence-corrected chi connectivity index (χ4v) is 6.49. The summed E-state index contributed by atoms with van der Waals surface area (Å²) in [7, 11) is 0. The van der Waals surface area contributed by atoms with E-state index in [2.05, 4.69) is 23.7 Å². The summed E-state index contributed by atoms with van der Waals surface area (Å²) in [6.45, 7) is 10.0. The third-order valence-electron chi connectivity index (χ3n) is 7.37. The first kappa shape index (κ1) is 30.3. The number of ether oxygens (including phenoxy) is 2. The van der Waals surface area contributed by atoms with Gasteiger partial charge in [0.25, 0.3) is 5.56 Å². The zero-order valence-electron chi connectivity index (χ0n) is 24.7. The molecule has 0 bridgehead atoms. The van der Waals surface area contributed by atoms with Crippen molar-refractivity contribution in [3.05, 3.63) is 125 Å². The Balaban J connectivity index is 1.66. The van der Waals surface area contributed by atoms with Crippen LogP contribution in [0, 0.1) is 0 Å². The van der Waals surface area contributed by atoms with E-state index in [4.69, 9.17) is 21.1 Å². The molecule has 0 amide bonds. The Morgan fingerprint density at radius 2 is 1.77 bits per heavy atom. The number of fused-ring (bicyclic) bond motifs is 1. The Bertz CT molecular complexity index is 1840. The summed E-state index contributed by atoms with van der Waals surface area (Å²) < 4.78 is 13.7. The Labute approximate surface area is 260 Å². The van der Waals surface area contributed by atoms with Crippen LogP contribution >= 0.6 is 22.9 Å². The number of benzene rings is 3. The number of carbonyl (C=O) groups excluding carboxylic acids is 1. The molecule has 0 unspecified atom stereocenters. The minimum Gasteiger partial charge on any atom is -0.488 e. The summed E-state index contributed by atoms with van der Waals surface area (Å²) in [5.74, 6) is 0.150. The highest BCUT2D eigenvalue weighted by Crippen LogP contribution is 2.34. The highest BCUT2D eigenvalue weighted by molar-refractivity contribution is 7.07. The van der Waals surface area contributed by atoms with Crippen LogP contribution in [-0.4, -0.2) is 30.2 Å². The van der Waals surface area contributed by atoms with Crippen LogP contribution in [0.5, 0.6) is 5.75 Å². The third kappa shape index (κ3) is 6.31. The molecule has 0 N–H and O–H groups in total. The van der Waals surface area contributed by atoms with Crippen molar-refractivity contribution < 1.29 is 14.3 Å². The lowest BCUT2D eigenvalue weighted by molar-refractivity contribution is -0.139. The van der Waals surface area contributed by atoms with Crippen LogP contribution in [0.25, 0.3) is 6.08 Å². The molecule has 0 aliphatic carbocycles. The second-order valence-electron chi connectivity index (χ2n) is 9.99. The lowest BCUT2D eigenvalue weighted by atomic mass is 9.96. The molecular formula is C34H34ClN3O4S. The summed E-state index contributed by atoms with van der Waals surface area (Å²) in [5, 5.41) is 0.446. The quantitative estimate of drug-likeness (QED) is 0.209. The molecule has 1 aliphatic rings. The molecule has 7 nitrogen and oxygen atoms in total. The summed E-state index contributed by atoms with van der Waals surface area (Å²) in [4.78, 5) is 34.7. The predicted octanol–water partition coefficient (Wildman–Crippen LogP) is 5.88. The first-order valence-corrected chi connectivity index (χ1v) is 15.5. The van der Waals surface area contributed by atoms with E-state index in [1.54, 1.807) is 24.5 Å². The van der Waals surface area contributed by atoms with Gasteiger partial charge in [0.1, 0.15) is 18.4 Å². The molecule has 4 aromatic rings. The zero-order chi connectivity index (χ0) is 30.5. The first-order chi connectivity index (χ1) is 20.9.